The fourth-order valence-corrected chi connectivity index (χ4v) is 3.34. The summed E-state index contributed by atoms with van der Waals surface area (Å²) in [5, 5.41) is 14.1. The highest BCUT2D eigenvalue weighted by Gasteiger charge is 2.19. The molecule has 9 heteroatoms. The monoisotopic (exact) mass is 404 g/mol. The number of nitro benzene ring substituents is 1. The zero-order valence-electron chi connectivity index (χ0n) is 12.3. The van der Waals surface area contributed by atoms with E-state index in [2.05, 4.69) is 5.32 Å². The first-order valence-electron chi connectivity index (χ1n) is 6.64. The van der Waals surface area contributed by atoms with Crippen LogP contribution in [0.2, 0.25) is 15.1 Å². The predicted octanol–water partition coefficient (Wildman–Crippen LogP) is 5.67. The van der Waals surface area contributed by atoms with E-state index in [0.29, 0.717) is 14.9 Å². The maximum absolute atomic E-state index is 12.3. The number of thioether (sulfide) groups is 1. The molecule has 0 saturated carbocycles. The van der Waals surface area contributed by atoms with Gasteiger partial charge in [-0.3, -0.25) is 14.9 Å². The van der Waals surface area contributed by atoms with Crippen LogP contribution in [-0.2, 0) is 4.79 Å². The summed E-state index contributed by atoms with van der Waals surface area (Å²) in [7, 11) is 0. The van der Waals surface area contributed by atoms with E-state index < -0.39 is 10.2 Å². The molecule has 2 rings (SSSR count). The third kappa shape index (κ3) is 4.77. The Morgan fingerprint density at radius 3 is 2.50 bits per heavy atom. The highest BCUT2D eigenvalue weighted by Crippen LogP contribution is 2.33. The summed E-state index contributed by atoms with van der Waals surface area (Å²) in [5.74, 6) is -0.363. The summed E-state index contributed by atoms with van der Waals surface area (Å²) in [4.78, 5) is 23.2. The van der Waals surface area contributed by atoms with Gasteiger partial charge in [-0.1, -0.05) is 34.8 Å². The van der Waals surface area contributed by atoms with Gasteiger partial charge in [-0.2, -0.15) is 0 Å². The van der Waals surface area contributed by atoms with Crippen LogP contribution >= 0.6 is 46.6 Å². The summed E-state index contributed by atoms with van der Waals surface area (Å²) < 4.78 is 0. The minimum absolute atomic E-state index is 0.159. The number of amides is 1. The minimum atomic E-state index is -0.560. The van der Waals surface area contributed by atoms with Crippen LogP contribution in [-0.4, -0.2) is 16.1 Å². The van der Waals surface area contributed by atoms with Crippen molar-refractivity contribution >= 4 is 63.8 Å². The van der Waals surface area contributed by atoms with Gasteiger partial charge in [-0.25, -0.2) is 0 Å². The number of carbonyl (C=O) groups excluding carboxylic acids is 1. The van der Waals surface area contributed by atoms with Crippen LogP contribution in [0.1, 0.15) is 6.92 Å². The zero-order valence-corrected chi connectivity index (χ0v) is 15.3. The standard InChI is InChI=1S/C15H11Cl3N2O3S/c1-8(24-14-6-9(16)2-4-12(14)18)15(21)19-13-7-10(20(22)23)3-5-11(13)17/h2-8H,1H3,(H,19,21). The van der Waals surface area contributed by atoms with Crippen molar-refractivity contribution in [2.75, 3.05) is 5.32 Å². The SMILES string of the molecule is CC(Sc1cc(Cl)ccc1Cl)C(=O)Nc1cc([N+](=O)[O-])ccc1Cl. The highest BCUT2D eigenvalue weighted by atomic mass is 35.5. The number of nitrogens with one attached hydrogen (secondary N) is 1. The topological polar surface area (TPSA) is 72.2 Å². The molecule has 126 valence electrons. The molecule has 2 aromatic rings. The van der Waals surface area contributed by atoms with Gasteiger partial charge >= 0.3 is 0 Å². The van der Waals surface area contributed by atoms with Crippen molar-refractivity contribution in [1.29, 1.82) is 0 Å². The molecule has 0 saturated heterocycles. The van der Waals surface area contributed by atoms with Crippen LogP contribution < -0.4 is 5.32 Å². The van der Waals surface area contributed by atoms with Crippen LogP contribution in [0, 0.1) is 10.1 Å². The molecule has 1 unspecified atom stereocenters. The van der Waals surface area contributed by atoms with Gasteiger partial charge in [0.25, 0.3) is 5.69 Å². The summed E-state index contributed by atoms with van der Waals surface area (Å²) >= 11 is 19.2. The predicted molar refractivity (Wildman–Crippen MR) is 98.5 cm³/mol. The molecule has 0 spiro atoms. The fraction of sp³-hybridized carbons (Fsp3) is 0.133. The lowest BCUT2D eigenvalue weighted by Crippen LogP contribution is -2.22. The number of rotatable bonds is 5. The Hall–Kier alpha value is -1.47. The molecule has 0 aromatic heterocycles. The molecule has 0 bridgehead atoms. The molecule has 1 N–H and O–H groups in total. The van der Waals surface area contributed by atoms with Gasteiger partial charge < -0.3 is 5.32 Å². The molecule has 5 nitrogen and oxygen atoms in total. The number of nitro groups is 1. The Morgan fingerprint density at radius 1 is 1.17 bits per heavy atom. The Bertz CT molecular complexity index is 802. The van der Waals surface area contributed by atoms with Gasteiger partial charge in [0.2, 0.25) is 5.91 Å². The van der Waals surface area contributed by atoms with Crippen molar-refractivity contribution < 1.29 is 9.72 Å². The van der Waals surface area contributed by atoms with E-state index in [9.17, 15) is 14.9 Å². The number of anilines is 1. The van der Waals surface area contributed by atoms with Crippen molar-refractivity contribution in [3.05, 3.63) is 61.6 Å². The van der Waals surface area contributed by atoms with Gasteiger partial charge in [0.15, 0.2) is 0 Å². The van der Waals surface area contributed by atoms with E-state index in [0.717, 1.165) is 0 Å². The van der Waals surface area contributed by atoms with Crippen LogP contribution in [0.25, 0.3) is 0 Å². The largest absolute Gasteiger partial charge is 0.324 e. The maximum Gasteiger partial charge on any atom is 0.271 e. The van der Waals surface area contributed by atoms with E-state index in [1.165, 1.54) is 30.0 Å². The van der Waals surface area contributed by atoms with E-state index in [4.69, 9.17) is 34.8 Å². The lowest BCUT2D eigenvalue weighted by Gasteiger charge is -2.14. The summed E-state index contributed by atoms with van der Waals surface area (Å²) in [5.41, 5.74) is 0.0217. The maximum atomic E-state index is 12.3. The van der Waals surface area contributed by atoms with Crippen molar-refractivity contribution in [3.63, 3.8) is 0 Å². The van der Waals surface area contributed by atoms with E-state index in [-0.39, 0.29) is 22.3 Å². The first-order valence-corrected chi connectivity index (χ1v) is 8.66. The first kappa shape index (κ1) is 18.9. The molecule has 0 aliphatic heterocycles. The van der Waals surface area contributed by atoms with Gasteiger partial charge in [0.1, 0.15) is 0 Å². The van der Waals surface area contributed by atoms with Crippen molar-refractivity contribution in [3.8, 4) is 0 Å². The molecular weight excluding hydrogens is 395 g/mol. The highest BCUT2D eigenvalue weighted by molar-refractivity contribution is 8.00. The summed E-state index contributed by atoms with van der Waals surface area (Å²) in [6, 6.07) is 8.81. The zero-order chi connectivity index (χ0) is 17.9. The fourth-order valence-electron chi connectivity index (χ4n) is 1.77. The number of benzene rings is 2. The lowest BCUT2D eigenvalue weighted by molar-refractivity contribution is -0.384. The summed E-state index contributed by atoms with van der Waals surface area (Å²) in [6.45, 7) is 1.68. The van der Waals surface area contributed by atoms with E-state index in [1.54, 1.807) is 25.1 Å². The van der Waals surface area contributed by atoms with Crippen LogP contribution in [0.15, 0.2) is 41.3 Å². The second-order valence-electron chi connectivity index (χ2n) is 4.75. The average Bonchev–Trinajstić information content (AvgIpc) is 2.52. The van der Waals surface area contributed by atoms with Gasteiger partial charge in [-0.05, 0) is 31.2 Å². The second-order valence-corrected chi connectivity index (χ2v) is 7.38. The smallest absolute Gasteiger partial charge is 0.271 e. The van der Waals surface area contributed by atoms with Crippen LogP contribution in [0.5, 0.6) is 0 Å². The normalized spacial score (nSPS) is 11.8. The van der Waals surface area contributed by atoms with Crippen LogP contribution in [0.4, 0.5) is 11.4 Å². The van der Waals surface area contributed by atoms with Crippen molar-refractivity contribution in [2.24, 2.45) is 0 Å². The lowest BCUT2D eigenvalue weighted by atomic mass is 10.2. The number of hydrogen-bond donors (Lipinski definition) is 1. The molecule has 0 aliphatic rings. The molecule has 0 aliphatic carbocycles. The third-order valence-electron chi connectivity index (χ3n) is 2.98. The van der Waals surface area contributed by atoms with Gasteiger partial charge in [0, 0.05) is 22.1 Å². The number of carbonyl (C=O) groups is 1. The minimum Gasteiger partial charge on any atom is -0.324 e. The summed E-state index contributed by atoms with van der Waals surface area (Å²) in [6.07, 6.45) is 0. The molecule has 24 heavy (non-hydrogen) atoms. The average molecular weight is 406 g/mol. The number of halogens is 3. The molecular formula is C15H11Cl3N2O3S. The quantitative estimate of drug-likeness (QED) is 0.395. The van der Waals surface area contributed by atoms with Crippen molar-refractivity contribution in [2.45, 2.75) is 17.1 Å². The Balaban J connectivity index is 2.13. The molecule has 0 heterocycles. The number of non-ortho nitro benzene ring substituents is 1. The number of hydrogen-bond acceptors (Lipinski definition) is 4. The first-order chi connectivity index (χ1) is 11.3. The number of nitrogens with zero attached hydrogens (tertiary/aromatic N) is 1. The molecule has 1 atom stereocenters. The molecule has 2 aromatic carbocycles. The third-order valence-corrected chi connectivity index (χ3v) is 5.15. The van der Waals surface area contributed by atoms with Gasteiger partial charge in [0.05, 0.1) is 25.9 Å². The van der Waals surface area contributed by atoms with E-state index >= 15 is 0 Å². The second kappa shape index (κ2) is 8.07. The Morgan fingerprint density at radius 2 is 1.83 bits per heavy atom. The Labute approximate surface area is 157 Å². The Kier molecular flexibility index (Phi) is 6.34. The van der Waals surface area contributed by atoms with E-state index in [1.807, 2.05) is 0 Å². The molecule has 0 radical (unpaired) electrons. The van der Waals surface area contributed by atoms with Gasteiger partial charge in [-0.15, -0.1) is 11.8 Å². The molecule has 0 fully saturated rings. The van der Waals surface area contributed by atoms with Crippen LogP contribution in [0.3, 0.4) is 0 Å². The molecule has 1 amide bonds. The van der Waals surface area contributed by atoms with Crippen molar-refractivity contribution in [1.82, 2.24) is 0 Å².